The summed E-state index contributed by atoms with van der Waals surface area (Å²) in [5.41, 5.74) is 0.759. The lowest BCUT2D eigenvalue weighted by Crippen LogP contribution is -2.26. The molecule has 1 aliphatic rings. The van der Waals surface area contributed by atoms with Crippen molar-refractivity contribution in [1.82, 2.24) is 5.32 Å². The van der Waals surface area contributed by atoms with Crippen molar-refractivity contribution < 1.29 is 9.53 Å². The summed E-state index contributed by atoms with van der Waals surface area (Å²) in [6.07, 6.45) is 0. The summed E-state index contributed by atoms with van der Waals surface area (Å²) < 4.78 is 5.29. The summed E-state index contributed by atoms with van der Waals surface area (Å²) >= 11 is 1.75. The number of thioether (sulfide) groups is 1. The van der Waals surface area contributed by atoms with Crippen LogP contribution in [0, 0.1) is 0 Å². The summed E-state index contributed by atoms with van der Waals surface area (Å²) in [4.78, 5) is 13.1. The van der Waals surface area contributed by atoms with Gasteiger partial charge in [0.15, 0.2) is 0 Å². The largest absolute Gasteiger partial charge is 0.497 e. The highest BCUT2D eigenvalue weighted by Crippen LogP contribution is 2.37. The average molecular weight is 273 g/mol. The highest BCUT2D eigenvalue weighted by molar-refractivity contribution is 8.00. The van der Waals surface area contributed by atoms with Gasteiger partial charge in [0.1, 0.15) is 5.75 Å². The third-order valence-electron chi connectivity index (χ3n) is 3.29. The Morgan fingerprint density at radius 1 is 1.32 bits per heavy atom. The highest BCUT2D eigenvalue weighted by atomic mass is 32.2. The van der Waals surface area contributed by atoms with Crippen LogP contribution in [0.15, 0.2) is 35.2 Å². The van der Waals surface area contributed by atoms with Gasteiger partial charge in [-0.25, -0.2) is 0 Å². The van der Waals surface area contributed by atoms with E-state index >= 15 is 0 Å². The van der Waals surface area contributed by atoms with Gasteiger partial charge in [0.05, 0.1) is 12.7 Å². The quantitative estimate of drug-likeness (QED) is 0.867. The predicted octanol–water partition coefficient (Wildman–Crippen LogP) is 3.07. The number of benzene rings is 2. The topological polar surface area (TPSA) is 38.3 Å². The standard InChI is InChI=1S/C15H15NO2S/c1-9-8-16-15(17)12-6-4-10-3-5-11(18-2)7-13(10)14(12)19-9/h3-7,9H,8H2,1-2H3,(H,16,17). The lowest BCUT2D eigenvalue weighted by atomic mass is 10.1. The lowest BCUT2D eigenvalue weighted by Gasteiger charge is -2.11. The molecule has 0 bridgehead atoms. The van der Waals surface area contributed by atoms with Gasteiger partial charge < -0.3 is 10.1 Å². The van der Waals surface area contributed by atoms with Crippen LogP contribution in [-0.4, -0.2) is 24.8 Å². The number of rotatable bonds is 1. The molecule has 0 spiro atoms. The van der Waals surface area contributed by atoms with E-state index in [1.807, 2.05) is 30.3 Å². The molecule has 3 rings (SSSR count). The average Bonchev–Trinajstić information content (AvgIpc) is 2.58. The van der Waals surface area contributed by atoms with Crippen molar-refractivity contribution in [2.24, 2.45) is 0 Å². The molecule has 1 heterocycles. The molecule has 98 valence electrons. The van der Waals surface area contributed by atoms with Crippen LogP contribution in [0.5, 0.6) is 5.75 Å². The van der Waals surface area contributed by atoms with E-state index in [4.69, 9.17) is 4.74 Å². The molecule has 1 N–H and O–H groups in total. The van der Waals surface area contributed by atoms with Crippen molar-refractivity contribution in [1.29, 1.82) is 0 Å². The zero-order chi connectivity index (χ0) is 13.4. The van der Waals surface area contributed by atoms with Crippen molar-refractivity contribution in [2.45, 2.75) is 17.1 Å². The molecule has 1 unspecified atom stereocenters. The maximum atomic E-state index is 12.1. The Bertz CT molecular complexity index is 654. The molecule has 0 fully saturated rings. The number of carbonyl (C=O) groups is 1. The van der Waals surface area contributed by atoms with Gasteiger partial charge in [-0.1, -0.05) is 19.1 Å². The van der Waals surface area contributed by atoms with Gasteiger partial charge in [0.25, 0.3) is 5.91 Å². The molecule has 1 amide bonds. The molecule has 1 aliphatic heterocycles. The molecule has 0 aromatic heterocycles. The minimum atomic E-state index is 0.0107. The number of hydrogen-bond donors (Lipinski definition) is 1. The van der Waals surface area contributed by atoms with Crippen molar-refractivity contribution in [3.63, 3.8) is 0 Å². The van der Waals surface area contributed by atoms with Crippen molar-refractivity contribution in [3.05, 3.63) is 35.9 Å². The smallest absolute Gasteiger partial charge is 0.252 e. The Balaban J connectivity index is 2.28. The third-order valence-corrected chi connectivity index (χ3v) is 4.54. The van der Waals surface area contributed by atoms with E-state index in [0.29, 0.717) is 11.8 Å². The van der Waals surface area contributed by atoms with Gasteiger partial charge >= 0.3 is 0 Å². The van der Waals surface area contributed by atoms with Crippen LogP contribution in [-0.2, 0) is 0 Å². The Labute approximate surface area is 116 Å². The lowest BCUT2D eigenvalue weighted by molar-refractivity contribution is 0.0953. The van der Waals surface area contributed by atoms with Crippen molar-refractivity contribution >= 4 is 28.4 Å². The Kier molecular flexibility index (Phi) is 3.11. The number of hydrogen-bond acceptors (Lipinski definition) is 3. The van der Waals surface area contributed by atoms with Crippen molar-refractivity contribution in [2.75, 3.05) is 13.7 Å². The maximum absolute atomic E-state index is 12.1. The predicted molar refractivity (Wildman–Crippen MR) is 78.2 cm³/mol. The summed E-state index contributed by atoms with van der Waals surface area (Å²) in [6, 6.07) is 9.88. The van der Waals surface area contributed by atoms with Gasteiger partial charge in [0, 0.05) is 16.7 Å². The monoisotopic (exact) mass is 273 g/mol. The fourth-order valence-electron chi connectivity index (χ4n) is 2.28. The van der Waals surface area contributed by atoms with Crippen LogP contribution in [0.25, 0.3) is 10.8 Å². The first-order chi connectivity index (χ1) is 9.19. The second-order valence-electron chi connectivity index (χ2n) is 4.67. The van der Waals surface area contributed by atoms with Crippen LogP contribution in [0.4, 0.5) is 0 Å². The van der Waals surface area contributed by atoms with E-state index in [-0.39, 0.29) is 5.91 Å². The zero-order valence-electron chi connectivity index (χ0n) is 10.9. The summed E-state index contributed by atoms with van der Waals surface area (Å²) in [5.74, 6) is 0.829. The molecule has 19 heavy (non-hydrogen) atoms. The number of amides is 1. The van der Waals surface area contributed by atoms with Crippen LogP contribution in [0.3, 0.4) is 0 Å². The van der Waals surface area contributed by atoms with E-state index in [2.05, 4.69) is 12.2 Å². The first-order valence-corrected chi connectivity index (χ1v) is 7.12. The maximum Gasteiger partial charge on any atom is 0.252 e. The molecule has 0 radical (unpaired) electrons. The molecule has 0 saturated carbocycles. The molecule has 3 nitrogen and oxygen atoms in total. The second kappa shape index (κ2) is 4.78. The van der Waals surface area contributed by atoms with E-state index < -0.39 is 0 Å². The molecule has 2 aromatic carbocycles. The Hall–Kier alpha value is -1.68. The summed E-state index contributed by atoms with van der Waals surface area (Å²) in [7, 11) is 1.66. The first kappa shape index (κ1) is 12.4. The number of ether oxygens (including phenoxy) is 1. The van der Waals surface area contributed by atoms with E-state index in [1.165, 1.54) is 0 Å². The fourth-order valence-corrected chi connectivity index (χ4v) is 3.44. The molecular formula is C15H15NO2S. The first-order valence-electron chi connectivity index (χ1n) is 6.24. The Morgan fingerprint density at radius 2 is 2.11 bits per heavy atom. The van der Waals surface area contributed by atoms with Gasteiger partial charge in [-0.15, -0.1) is 11.8 Å². The van der Waals surface area contributed by atoms with Crippen LogP contribution >= 0.6 is 11.8 Å². The number of methoxy groups -OCH3 is 1. The van der Waals surface area contributed by atoms with Crippen LogP contribution in [0.1, 0.15) is 17.3 Å². The van der Waals surface area contributed by atoms with Gasteiger partial charge in [0.2, 0.25) is 0 Å². The van der Waals surface area contributed by atoms with E-state index in [0.717, 1.165) is 27.0 Å². The number of fused-ring (bicyclic) bond motifs is 3. The second-order valence-corrected chi connectivity index (χ2v) is 6.12. The van der Waals surface area contributed by atoms with Crippen LogP contribution < -0.4 is 10.1 Å². The number of carbonyl (C=O) groups excluding carboxylic acids is 1. The minimum absolute atomic E-state index is 0.0107. The molecule has 1 atom stereocenters. The molecular weight excluding hydrogens is 258 g/mol. The minimum Gasteiger partial charge on any atom is -0.497 e. The molecule has 0 saturated heterocycles. The normalized spacial score (nSPS) is 18.6. The molecule has 0 aliphatic carbocycles. The van der Waals surface area contributed by atoms with Crippen molar-refractivity contribution in [3.8, 4) is 5.75 Å². The van der Waals surface area contributed by atoms with Gasteiger partial charge in [-0.2, -0.15) is 0 Å². The summed E-state index contributed by atoms with van der Waals surface area (Å²) in [6.45, 7) is 2.82. The van der Waals surface area contributed by atoms with Gasteiger partial charge in [-0.3, -0.25) is 4.79 Å². The highest BCUT2D eigenvalue weighted by Gasteiger charge is 2.21. The Morgan fingerprint density at radius 3 is 2.89 bits per heavy atom. The fraction of sp³-hybridized carbons (Fsp3) is 0.267. The van der Waals surface area contributed by atoms with E-state index in [9.17, 15) is 4.79 Å². The third kappa shape index (κ3) is 2.16. The van der Waals surface area contributed by atoms with Gasteiger partial charge in [-0.05, 0) is 29.0 Å². The van der Waals surface area contributed by atoms with E-state index in [1.54, 1.807) is 18.9 Å². The van der Waals surface area contributed by atoms with Crippen LogP contribution in [0.2, 0.25) is 0 Å². The molecule has 4 heteroatoms. The number of nitrogens with one attached hydrogen (secondary N) is 1. The zero-order valence-corrected chi connectivity index (χ0v) is 11.7. The molecule has 2 aromatic rings. The SMILES string of the molecule is COc1ccc2ccc3c(c2c1)SC(C)CNC3=O. The summed E-state index contributed by atoms with van der Waals surface area (Å²) in [5, 5.41) is 5.54.